The molecule has 5 rings (SSSR count). The first-order valence-corrected chi connectivity index (χ1v) is 13.3. The Morgan fingerprint density at radius 1 is 1.19 bits per heavy atom. The Morgan fingerprint density at radius 2 is 1.97 bits per heavy atom. The average molecular weight is 497 g/mol. The van der Waals surface area contributed by atoms with E-state index in [1.807, 2.05) is 19.1 Å². The summed E-state index contributed by atoms with van der Waals surface area (Å²) in [6, 6.07) is 3.69. The molecular formula is C28H36N2O6. The van der Waals surface area contributed by atoms with Crippen LogP contribution in [-0.4, -0.2) is 53.2 Å². The molecule has 2 heterocycles. The molecule has 2 N–H and O–H groups in total. The molecule has 1 aromatic heterocycles. The van der Waals surface area contributed by atoms with Gasteiger partial charge in [-0.25, -0.2) is 4.79 Å². The summed E-state index contributed by atoms with van der Waals surface area (Å²) in [5.74, 6) is 0.117. The Balaban J connectivity index is 1.25. The second kappa shape index (κ2) is 9.88. The number of piperidine rings is 1. The van der Waals surface area contributed by atoms with Crippen LogP contribution in [0.1, 0.15) is 68.6 Å². The minimum Gasteiger partial charge on any atom is -0.480 e. The smallest absolute Gasteiger partial charge is 0.339 e. The van der Waals surface area contributed by atoms with Crippen LogP contribution in [0, 0.1) is 12.8 Å². The molecule has 2 fully saturated rings. The molecule has 2 amide bonds. The topological polar surface area (TPSA) is 109 Å². The fourth-order valence-corrected chi connectivity index (χ4v) is 6.22. The molecule has 0 radical (unpaired) electrons. The normalized spacial score (nSPS) is 24.5. The first-order valence-electron chi connectivity index (χ1n) is 13.3. The number of ether oxygens (including phenoxy) is 1. The molecule has 1 aliphatic heterocycles. The van der Waals surface area contributed by atoms with E-state index >= 15 is 0 Å². The molecule has 2 aromatic rings. The third kappa shape index (κ3) is 4.75. The van der Waals surface area contributed by atoms with E-state index in [0.29, 0.717) is 42.8 Å². The number of hydrogen-bond acceptors (Lipinski definition) is 6. The van der Waals surface area contributed by atoms with Gasteiger partial charge in [0.1, 0.15) is 11.3 Å². The molecule has 1 saturated heterocycles. The summed E-state index contributed by atoms with van der Waals surface area (Å²) in [6.45, 7) is 4.50. The van der Waals surface area contributed by atoms with Crippen LogP contribution < -0.4 is 15.7 Å². The lowest BCUT2D eigenvalue weighted by atomic mass is 9.71. The van der Waals surface area contributed by atoms with Gasteiger partial charge in [-0.1, -0.05) is 12.8 Å². The van der Waals surface area contributed by atoms with E-state index in [4.69, 9.17) is 9.15 Å². The van der Waals surface area contributed by atoms with Gasteiger partial charge < -0.3 is 24.5 Å². The van der Waals surface area contributed by atoms with Gasteiger partial charge >= 0.3 is 5.63 Å². The maximum atomic E-state index is 12.9. The summed E-state index contributed by atoms with van der Waals surface area (Å²) in [7, 11) is 0. The standard InChI is InChI=1S/C28H36N2O6/c1-17-13-22(25-20-8-3-4-9-21(20)27(33)36-23(25)14-17)35-18(2)26(32)29-15-24(31)30-12-11-28(34)10-6-5-7-19(28)16-30/h13-14,18-19,34H,3-12,15-16H2,1-2H3,(H,29,32)/t18-,19+,28-/m0/s1. The van der Waals surface area contributed by atoms with Crippen LogP contribution in [0.15, 0.2) is 21.3 Å². The first kappa shape index (κ1) is 24.8. The summed E-state index contributed by atoms with van der Waals surface area (Å²) in [5, 5.41) is 14.3. The van der Waals surface area contributed by atoms with Crippen LogP contribution in [0.3, 0.4) is 0 Å². The van der Waals surface area contributed by atoms with Crippen molar-refractivity contribution >= 4 is 22.8 Å². The van der Waals surface area contributed by atoms with Crippen molar-refractivity contribution in [2.45, 2.75) is 83.3 Å². The highest BCUT2D eigenvalue weighted by Crippen LogP contribution is 2.40. The van der Waals surface area contributed by atoms with Crippen LogP contribution in [0.5, 0.6) is 5.75 Å². The van der Waals surface area contributed by atoms with Crippen LogP contribution in [0.2, 0.25) is 0 Å². The van der Waals surface area contributed by atoms with Gasteiger partial charge in [-0.2, -0.15) is 0 Å². The van der Waals surface area contributed by atoms with Crippen molar-refractivity contribution in [1.29, 1.82) is 0 Å². The van der Waals surface area contributed by atoms with Gasteiger partial charge in [-0.3, -0.25) is 9.59 Å². The third-order valence-electron chi connectivity index (χ3n) is 8.30. The lowest BCUT2D eigenvalue weighted by molar-refractivity contribution is -0.144. The van der Waals surface area contributed by atoms with Gasteiger partial charge in [0.2, 0.25) is 5.91 Å². The fourth-order valence-electron chi connectivity index (χ4n) is 6.22. The van der Waals surface area contributed by atoms with Gasteiger partial charge in [-0.15, -0.1) is 0 Å². The molecule has 8 heteroatoms. The molecule has 8 nitrogen and oxygen atoms in total. The van der Waals surface area contributed by atoms with Crippen molar-refractivity contribution in [2.24, 2.45) is 5.92 Å². The second-order valence-corrected chi connectivity index (χ2v) is 10.8. The van der Waals surface area contributed by atoms with E-state index in [0.717, 1.165) is 61.5 Å². The van der Waals surface area contributed by atoms with E-state index < -0.39 is 11.7 Å². The molecule has 3 atom stereocenters. The maximum absolute atomic E-state index is 12.9. The molecular weight excluding hydrogens is 460 g/mol. The Bertz CT molecular complexity index is 1240. The number of likely N-dealkylation sites (tertiary alicyclic amines) is 1. The lowest BCUT2D eigenvalue weighted by Gasteiger charge is -2.47. The highest BCUT2D eigenvalue weighted by molar-refractivity contribution is 5.90. The van der Waals surface area contributed by atoms with Crippen molar-refractivity contribution in [3.63, 3.8) is 0 Å². The van der Waals surface area contributed by atoms with E-state index in [1.165, 1.54) is 0 Å². The fraction of sp³-hybridized carbons (Fsp3) is 0.607. The Morgan fingerprint density at radius 3 is 2.78 bits per heavy atom. The molecule has 0 spiro atoms. The largest absolute Gasteiger partial charge is 0.480 e. The van der Waals surface area contributed by atoms with Crippen LogP contribution in [0.25, 0.3) is 11.0 Å². The van der Waals surface area contributed by atoms with Crippen molar-refractivity contribution in [2.75, 3.05) is 19.6 Å². The third-order valence-corrected chi connectivity index (χ3v) is 8.30. The number of carbonyl (C=O) groups excluding carboxylic acids is 2. The number of fused-ring (bicyclic) bond motifs is 4. The summed E-state index contributed by atoms with van der Waals surface area (Å²) < 4.78 is 11.7. The lowest BCUT2D eigenvalue weighted by Crippen LogP contribution is -2.56. The van der Waals surface area contributed by atoms with Crippen LogP contribution >= 0.6 is 0 Å². The van der Waals surface area contributed by atoms with Gasteiger partial charge in [-0.05, 0) is 82.1 Å². The average Bonchev–Trinajstić information content (AvgIpc) is 2.86. The van der Waals surface area contributed by atoms with Gasteiger partial charge in [0.15, 0.2) is 6.10 Å². The predicted octanol–water partition coefficient (Wildman–Crippen LogP) is 3.02. The molecule has 1 aromatic carbocycles. The summed E-state index contributed by atoms with van der Waals surface area (Å²) in [4.78, 5) is 39.9. The Hall–Kier alpha value is -2.87. The summed E-state index contributed by atoms with van der Waals surface area (Å²) in [5.41, 5.74) is 2.07. The molecule has 0 unspecified atom stereocenters. The molecule has 0 bridgehead atoms. The van der Waals surface area contributed by atoms with E-state index in [2.05, 4.69) is 5.32 Å². The summed E-state index contributed by atoms with van der Waals surface area (Å²) in [6.07, 6.45) is 7.04. The summed E-state index contributed by atoms with van der Waals surface area (Å²) >= 11 is 0. The van der Waals surface area contributed by atoms with Crippen LogP contribution in [-0.2, 0) is 22.4 Å². The minimum absolute atomic E-state index is 0.101. The Kier molecular flexibility index (Phi) is 6.81. The quantitative estimate of drug-likeness (QED) is 0.616. The van der Waals surface area contributed by atoms with Crippen molar-refractivity contribution in [3.05, 3.63) is 39.2 Å². The molecule has 194 valence electrons. The molecule has 1 saturated carbocycles. The van der Waals surface area contributed by atoms with Crippen LogP contribution in [0.4, 0.5) is 0 Å². The number of benzene rings is 1. The Labute approximate surface area is 211 Å². The number of carbonyl (C=O) groups is 2. The zero-order valence-electron chi connectivity index (χ0n) is 21.2. The van der Waals surface area contributed by atoms with Crippen molar-refractivity contribution in [3.8, 4) is 5.75 Å². The highest BCUT2D eigenvalue weighted by Gasteiger charge is 2.43. The second-order valence-electron chi connectivity index (χ2n) is 10.8. The molecule has 36 heavy (non-hydrogen) atoms. The number of nitrogens with one attached hydrogen (secondary N) is 1. The zero-order chi connectivity index (χ0) is 25.4. The number of nitrogens with zero attached hydrogens (tertiary/aromatic N) is 1. The molecule has 2 aliphatic carbocycles. The first-order chi connectivity index (χ1) is 17.2. The number of aryl methyl sites for hydroxylation is 2. The van der Waals surface area contributed by atoms with Gasteiger partial charge in [0.25, 0.3) is 5.91 Å². The van der Waals surface area contributed by atoms with E-state index in [1.54, 1.807) is 11.8 Å². The molecule has 3 aliphatic rings. The van der Waals surface area contributed by atoms with E-state index in [9.17, 15) is 19.5 Å². The zero-order valence-corrected chi connectivity index (χ0v) is 21.2. The number of amides is 2. The van der Waals surface area contributed by atoms with Gasteiger partial charge in [0.05, 0.1) is 17.5 Å². The minimum atomic E-state index is -0.834. The predicted molar refractivity (Wildman–Crippen MR) is 135 cm³/mol. The van der Waals surface area contributed by atoms with E-state index in [-0.39, 0.29) is 29.9 Å². The number of hydrogen-bond donors (Lipinski definition) is 2. The number of aliphatic hydroxyl groups is 1. The van der Waals surface area contributed by atoms with Crippen molar-refractivity contribution < 1.29 is 23.8 Å². The van der Waals surface area contributed by atoms with Gasteiger partial charge in [0, 0.05) is 24.6 Å². The monoisotopic (exact) mass is 496 g/mol. The number of rotatable bonds is 5. The maximum Gasteiger partial charge on any atom is 0.339 e. The van der Waals surface area contributed by atoms with Crippen molar-refractivity contribution in [1.82, 2.24) is 10.2 Å². The highest BCUT2D eigenvalue weighted by atomic mass is 16.5. The SMILES string of the molecule is Cc1cc(O[C@@H](C)C(=O)NCC(=O)N2CC[C@@]3(O)CCCC[C@@H]3C2)c2c3c(c(=O)oc2c1)CCCC3.